The Balaban J connectivity index is 4.31. The zero-order valence-electron chi connectivity index (χ0n) is 45.4. The molecule has 0 spiro atoms. The molecule has 0 fully saturated rings. The average molecular weight is 954 g/mol. The number of hydrogen-bond acceptors (Lipinski definition) is 6. The molecule has 68 heavy (non-hydrogen) atoms. The molecule has 0 aromatic heterocycles. The molecule has 0 amide bonds. The molecular formula is C62H112O6. The van der Waals surface area contributed by atoms with E-state index in [0.717, 1.165) is 83.5 Å². The van der Waals surface area contributed by atoms with Crippen molar-refractivity contribution >= 4 is 17.9 Å². The summed E-state index contributed by atoms with van der Waals surface area (Å²) in [6, 6.07) is 0. The van der Waals surface area contributed by atoms with E-state index < -0.39 is 6.10 Å². The van der Waals surface area contributed by atoms with Gasteiger partial charge in [0.15, 0.2) is 6.10 Å². The minimum atomic E-state index is -0.777. The Morgan fingerprint density at radius 1 is 0.309 bits per heavy atom. The molecule has 396 valence electrons. The monoisotopic (exact) mass is 953 g/mol. The van der Waals surface area contributed by atoms with Crippen LogP contribution in [0.4, 0.5) is 0 Å². The van der Waals surface area contributed by atoms with Gasteiger partial charge in [-0.25, -0.2) is 0 Å². The first-order valence-corrected chi connectivity index (χ1v) is 29.6. The Morgan fingerprint density at radius 2 is 0.574 bits per heavy atom. The molecule has 1 atom stereocenters. The van der Waals surface area contributed by atoms with Crippen molar-refractivity contribution in [2.75, 3.05) is 13.2 Å². The van der Waals surface area contributed by atoms with E-state index in [-0.39, 0.29) is 31.1 Å². The lowest BCUT2D eigenvalue weighted by molar-refractivity contribution is -0.167. The van der Waals surface area contributed by atoms with Crippen molar-refractivity contribution in [2.24, 2.45) is 0 Å². The maximum atomic E-state index is 12.9. The molecule has 0 saturated heterocycles. The quantitative estimate of drug-likeness (QED) is 0.0262. The molecule has 6 nitrogen and oxygen atoms in total. The van der Waals surface area contributed by atoms with Crippen molar-refractivity contribution < 1.29 is 28.6 Å². The average Bonchev–Trinajstić information content (AvgIpc) is 3.34. The number of rotatable bonds is 54. The number of carbonyl (C=O) groups is 3. The largest absolute Gasteiger partial charge is 0.462 e. The van der Waals surface area contributed by atoms with Gasteiger partial charge in [0.2, 0.25) is 0 Å². The highest BCUT2D eigenvalue weighted by Crippen LogP contribution is 2.16. The van der Waals surface area contributed by atoms with Crippen LogP contribution in [0, 0.1) is 0 Å². The first-order chi connectivity index (χ1) is 33.5. The van der Waals surface area contributed by atoms with Crippen molar-refractivity contribution in [2.45, 2.75) is 316 Å². The number of allylic oxidation sites excluding steroid dienone is 8. The highest BCUT2D eigenvalue weighted by Gasteiger charge is 2.19. The van der Waals surface area contributed by atoms with Crippen LogP contribution in [-0.2, 0) is 28.6 Å². The smallest absolute Gasteiger partial charge is 0.306 e. The van der Waals surface area contributed by atoms with E-state index in [4.69, 9.17) is 14.2 Å². The van der Waals surface area contributed by atoms with Gasteiger partial charge in [-0.2, -0.15) is 0 Å². The van der Waals surface area contributed by atoms with Gasteiger partial charge in [0, 0.05) is 19.3 Å². The van der Waals surface area contributed by atoms with Gasteiger partial charge < -0.3 is 14.2 Å². The van der Waals surface area contributed by atoms with Crippen LogP contribution in [-0.4, -0.2) is 37.2 Å². The van der Waals surface area contributed by atoms with E-state index in [1.165, 1.54) is 186 Å². The molecule has 0 aliphatic carbocycles. The molecule has 0 radical (unpaired) electrons. The van der Waals surface area contributed by atoms with Crippen LogP contribution in [0.25, 0.3) is 0 Å². The molecule has 0 aromatic carbocycles. The Bertz CT molecular complexity index is 1190. The topological polar surface area (TPSA) is 78.9 Å². The van der Waals surface area contributed by atoms with Crippen LogP contribution in [0.15, 0.2) is 48.6 Å². The fourth-order valence-corrected chi connectivity index (χ4v) is 8.63. The minimum Gasteiger partial charge on any atom is -0.462 e. The van der Waals surface area contributed by atoms with Gasteiger partial charge in [-0.1, -0.05) is 262 Å². The van der Waals surface area contributed by atoms with Crippen molar-refractivity contribution in [3.8, 4) is 0 Å². The zero-order chi connectivity index (χ0) is 49.3. The van der Waals surface area contributed by atoms with Gasteiger partial charge >= 0.3 is 17.9 Å². The molecule has 1 unspecified atom stereocenters. The Hall–Kier alpha value is -2.63. The van der Waals surface area contributed by atoms with Gasteiger partial charge in [-0.05, 0) is 77.0 Å². The lowest BCUT2D eigenvalue weighted by Gasteiger charge is -2.18. The fraction of sp³-hybridized carbons (Fsp3) is 0.823. The second-order valence-electron chi connectivity index (χ2n) is 19.9. The Kier molecular flexibility index (Phi) is 54.8. The third-order valence-corrected chi connectivity index (χ3v) is 13.1. The molecule has 0 aliphatic rings. The van der Waals surface area contributed by atoms with Crippen LogP contribution < -0.4 is 0 Å². The summed E-state index contributed by atoms with van der Waals surface area (Å²) in [5.41, 5.74) is 0. The van der Waals surface area contributed by atoms with E-state index in [0.29, 0.717) is 19.3 Å². The van der Waals surface area contributed by atoms with E-state index in [1.807, 2.05) is 0 Å². The summed E-state index contributed by atoms with van der Waals surface area (Å²) in [6.07, 6.45) is 69.6. The number of esters is 3. The van der Waals surface area contributed by atoms with Gasteiger partial charge in [0.25, 0.3) is 0 Å². The second kappa shape index (κ2) is 57.0. The summed E-state index contributed by atoms with van der Waals surface area (Å²) in [6.45, 7) is 6.55. The summed E-state index contributed by atoms with van der Waals surface area (Å²) in [7, 11) is 0. The van der Waals surface area contributed by atoms with E-state index in [1.54, 1.807) is 0 Å². The van der Waals surface area contributed by atoms with Crippen molar-refractivity contribution in [1.82, 2.24) is 0 Å². The van der Waals surface area contributed by atoms with Crippen molar-refractivity contribution in [3.63, 3.8) is 0 Å². The predicted octanol–water partition coefficient (Wildman–Crippen LogP) is 19.8. The summed E-state index contributed by atoms with van der Waals surface area (Å²) >= 11 is 0. The molecule has 0 N–H and O–H groups in total. The van der Waals surface area contributed by atoms with Gasteiger partial charge in [-0.3, -0.25) is 14.4 Å². The van der Waals surface area contributed by atoms with E-state index in [9.17, 15) is 14.4 Å². The highest BCUT2D eigenvalue weighted by molar-refractivity contribution is 5.71. The Labute approximate surface area is 422 Å². The van der Waals surface area contributed by atoms with Crippen LogP contribution in [0.3, 0.4) is 0 Å². The van der Waals surface area contributed by atoms with Crippen LogP contribution in [0.1, 0.15) is 310 Å². The highest BCUT2D eigenvalue weighted by atomic mass is 16.6. The number of unbranched alkanes of at least 4 members (excludes halogenated alkanes) is 35. The first-order valence-electron chi connectivity index (χ1n) is 29.6. The first kappa shape index (κ1) is 65.4. The van der Waals surface area contributed by atoms with Crippen LogP contribution >= 0.6 is 0 Å². The summed E-state index contributed by atoms with van der Waals surface area (Å²) < 4.78 is 16.9. The fourth-order valence-electron chi connectivity index (χ4n) is 8.63. The summed E-state index contributed by atoms with van der Waals surface area (Å²) in [5, 5.41) is 0. The molecule has 0 rings (SSSR count). The minimum absolute atomic E-state index is 0.0747. The van der Waals surface area contributed by atoms with Crippen LogP contribution in [0.5, 0.6) is 0 Å². The normalized spacial score (nSPS) is 12.3. The van der Waals surface area contributed by atoms with Gasteiger partial charge in [0.05, 0.1) is 0 Å². The standard InChI is InChI=1S/C62H112O6/c1-4-7-10-13-16-19-22-25-27-29-30-31-32-34-35-37-40-43-46-49-52-55-61(64)67-58-59(57-66-60(63)54-51-48-45-42-39-24-21-18-15-12-9-6-3)68-62(65)56-53-50-47-44-41-38-36-33-28-26-23-20-17-14-11-8-5-2/h8,11,17,20,26,28-30,59H,4-7,9-10,12-16,18-19,21-25,27,31-58H2,1-3H3/b11-8-,20-17-,28-26-,30-29-. The summed E-state index contributed by atoms with van der Waals surface area (Å²) in [4.78, 5) is 38.2. The molecule has 0 bridgehead atoms. The lowest BCUT2D eigenvalue weighted by Crippen LogP contribution is -2.30. The molecular weight excluding hydrogens is 841 g/mol. The van der Waals surface area contributed by atoms with E-state index in [2.05, 4.69) is 69.4 Å². The maximum absolute atomic E-state index is 12.9. The summed E-state index contributed by atoms with van der Waals surface area (Å²) in [5.74, 6) is -0.872. The number of carbonyl (C=O) groups excluding carboxylic acids is 3. The molecule has 0 heterocycles. The number of ether oxygens (including phenoxy) is 3. The lowest BCUT2D eigenvalue weighted by atomic mass is 10.0. The molecule has 0 aliphatic heterocycles. The van der Waals surface area contributed by atoms with Gasteiger partial charge in [-0.15, -0.1) is 0 Å². The third-order valence-electron chi connectivity index (χ3n) is 13.1. The maximum Gasteiger partial charge on any atom is 0.306 e. The zero-order valence-corrected chi connectivity index (χ0v) is 45.4. The molecule has 0 aromatic rings. The Morgan fingerprint density at radius 3 is 0.912 bits per heavy atom. The molecule has 6 heteroatoms. The van der Waals surface area contributed by atoms with Crippen LogP contribution in [0.2, 0.25) is 0 Å². The predicted molar refractivity (Wildman–Crippen MR) is 293 cm³/mol. The molecule has 0 saturated carbocycles. The number of hydrogen-bond donors (Lipinski definition) is 0. The van der Waals surface area contributed by atoms with Crippen molar-refractivity contribution in [1.29, 1.82) is 0 Å². The van der Waals surface area contributed by atoms with Gasteiger partial charge in [0.1, 0.15) is 13.2 Å². The second-order valence-corrected chi connectivity index (χ2v) is 19.9. The van der Waals surface area contributed by atoms with Crippen molar-refractivity contribution in [3.05, 3.63) is 48.6 Å². The SMILES string of the molecule is CC/C=C\C/C=C\C/C=C\CCCCCCCCCC(=O)OC(COC(=O)CCCCCCCCCCC/C=C\CCCCCCCCCC)COC(=O)CCCCCCCCCCCCCC. The third kappa shape index (κ3) is 54.3. The van der Waals surface area contributed by atoms with E-state index >= 15 is 0 Å².